The third-order valence-corrected chi connectivity index (χ3v) is 8.98. The number of ether oxygens (including phenoxy) is 6. The minimum atomic E-state index is -2.46. The maximum atomic E-state index is 13.9. The number of nitrogens with zero attached hydrogens (tertiary/aromatic N) is 6. The lowest BCUT2D eigenvalue weighted by Crippen LogP contribution is -2.57. The number of amides is 2. The number of halogens is 1. The standard InChI is InChI=1S/C35H40ClN7O11/c1-7-34(54-21(5)45)24(53-29(26(34)52-20(4)44)43-19-38-25-27(37)39-32(36)40-28(25)43)18-51-35(30(46)49-8-2,31(47)50-9-3)17-22-11-13-23(14-12-22)42-16-10-15-41(6)33(42)48/h1,11-14,19,24,26,29H,8-10,15-18H2,2-6H3,(H2,37,39,40)/t24-,26+,29-,34-/m1/s1. The number of esters is 4. The van der Waals surface area contributed by atoms with Gasteiger partial charge in [0.05, 0.1) is 26.1 Å². The first-order valence-electron chi connectivity index (χ1n) is 17.0. The maximum absolute atomic E-state index is 13.9. The van der Waals surface area contributed by atoms with Crippen LogP contribution in [0.3, 0.4) is 0 Å². The number of carbonyl (C=O) groups excluding carboxylic acids is 5. The summed E-state index contributed by atoms with van der Waals surface area (Å²) in [4.78, 5) is 81.3. The van der Waals surface area contributed by atoms with Crippen molar-refractivity contribution in [3.63, 3.8) is 0 Å². The average molecular weight is 770 g/mol. The van der Waals surface area contributed by atoms with Gasteiger partial charge in [-0.15, -0.1) is 6.42 Å². The lowest BCUT2D eigenvalue weighted by atomic mass is 9.91. The van der Waals surface area contributed by atoms with Crippen molar-refractivity contribution in [1.82, 2.24) is 24.4 Å². The number of urea groups is 1. The van der Waals surface area contributed by atoms with Crippen molar-refractivity contribution in [2.45, 2.75) is 70.2 Å². The van der Waals surface area contributed by atoms with E-state index in [2.05, 4.69) is 20.9 Å². The summed E-state index contributed by atoms with van der Waals surface area (Å²) in [6, 6.07) is 6.48. The highest BCUT2D eigenvalue weighted by molar-refractivity contribution is 6.28. The molecule has 0 unspecified atom stereocenters. The normalized spacial score (nSPS) is 21.4. The molecule has 2 aromatic heterocycles. The fourth-order valence-electron chi connectivity index (χ4n) is 6.39. The van der Waals surface area contributed by atoms with Crippen molar-refractivity contribution in [2.75, 3.05) is 50.6 Å². The first-order valence-corrected chi connectivity index (χ1v) is 17.3. The average Bonchev–Trinajstić information content (AvgIpc) is 3.66. The summed E-state index contributed by atoms with van der Waals surface area (Å²) in [5, 5.41) is -0.233. The van der Waals surface area contributed by atoms with Gasteiger partial charge in [-0.2, -0.15) is 9.97 Å². The number of nitrogens with two attached hydrogens (primary N) is 1. The molecule has 1 aromatic carbocycles. The highest BCUT2D eigenvalue weighted by Gasteiger charge is 2.63. The Morgan fingerprint density at radius 1 is 1.07 bits per heavy atom. The largest absolute Gasteiger partial charge is 0.463 e. The predicted octanol–water partition coefficient (Wildman–Crippen LogP) is 2.21. The van der Waals surface area contributed by atoms with Crippen LogP contribution in [0.2, 0.25) is 5.28 Å². The van der Waals surface area contributed by atoms with Gasteiger partial charge in [-0.05, 0) is 49.6 Å². The van der Waals surface area contributed by atoms with E-state index in [0.717, 1.165) is 20.3 Å². The predicted molar refractivity (Wildman–Crippen MR) is 190 cm³/mol. The highest BCUT2D eigenvalue weighted by Crippen LogP contribution is 2.44. The summed E-state index contributed by atoms with van der Waals surface area (Å²) in [5.41, 5.74) is 2.55. The number of terminal acetylenes is 1. The summed E-state index contributed by atoms with van der Waals surface area (Å²) >= 11 is 6.10. The number of anilines is 2. The summed E-state index contributed by atoms with van der Waals surface area (Å²) in [7, 11) is 1.71. The van der Waals surface area contributed by atoms with E-state index in [1.54, 1.807) is 55.0 Å². The molecule has 4 atom stereocenters. The minimum Gasteiger partial charge on any atom is -0.463 e. The number of hydrogen-bond acceptors (Lipinski definition) is 15. The molecule has 288 valence electrons. The number of benzene rings is 1. The molecule has 2 amide bonds. The molecular formula is C35H40ClN7O11. The van der Waals surface area contributed by atoms with E-state index in [4.69, 9.17) is 52.2 Å². The smallest absolute Gasteiger partial charge is 0.350 e. The van der Waals surface area contributed by atoms with Gasteiger partial charge in [-0.25, -0.2) is 19.4 Å². The summed E-state index contributed by atoms with van der Waals surface area (Å²) < 4.78 is 36.0. The molecule has 0 saturated carbocycles. The molecule has 0 radical (unpaired) electrons. The molecule has 4 heterocycles. The fraction of sp³-hybridized carbons (Fsp3) is 0.486. The Morgan fingerprint density at radius 3 is 2.33 bits per heavy atom. The number of nitrogen functional groups attached to an aromatic ring is 1. The zero-order valence-electron chi connectivity index (χ0n) is 30.3. The van der Waals surface area contributed by atoms with E-state index in [9.17, 15) is 24.0 Å². The van der Waals surface area contributed by atoms with Gasteiger partial charge in [-0.1, -0.05) is 18.1 Å². The number of rotatable bonds is 13. The molecule has 3 aromatic rings. The summed E-state index contributed by atoms with van der Waals surface area (Å²) in [6.07, 6.45) is 3.18. The SMILES string of the molecule is C#C[C@@]1(OC(C)=O)[C@@H](COC(Cc2ccc(N3CCCN(C)C3=O)cc2)(C(=O)OCC)C(=O)OCC)O[C@@H](n2cnc3c(N)nc(Cl)nc32)[C@@H]1OC(C)=O. The van der Waals surface area contributed by atoms with Gasteiger partial charge in [0.1, 0.15) is 11.6 Å². The van der Waals surface area contributed by atoms with Gasteiger partial charge < -0.3 is 39.1 Å². The van der Waals surface area contributed by atoms with Crippen LogP contribution in [0.15, 0.2) is 30.6 Å². The van der Waals surface area contributed by atoms with Crippen LogP contribution in [0, 0.1) is 12.3 Å². The van der Waals surface area contributed by atoms with Crippen molar-refractivity contribution in [3.05, 3.63) is 41.4 Å². The van der Waals surface area contributed by atoms with E-state index in [1.165, 1.54) is 10.9 Å². The first-order chi connectivity index (χ1) is 25.7. The summed E-state index contributed by atoms with van der Waals surface area (Å²) in [6.45, 7) is 5.44. The van der Waals surface area contributed by atoms with Crippen molar-refractivity contribution in [1.29, 1.82) is 0 Å². The van der Waals surface area contributed by atoms with E-state index in [1.807, 2.05) is 0 Å². The van der Waals surface area contributed by atoms with Crippen LogP contribution in [0.4, 0.5) is 16.3 Å². The molecule has 19 heteroatoms. The number of imidazole rings is 1. The molecule has 18 nitrogen and oxygen atoms in total. The number of fused-ring (bicyclic) bond motifs is 1. The van der Waals surface area contributed by atoms with Crippen molar-refractivity contribution in [2.24, 2.45) is 0 Å². The molecule has 2 N–H and O–H groups in total. The van der Waals surface area contributed by atoms with Gasteiger partial charge in [0, 0.05) is 46.1 Å². The van der Waals surface area contributed by atoms with Crippen LogP contribution in [0.5, 0.6) is 0 Å². The zero-order valence-corrected chi connectivity index (χ0v) is 31.0. The highest BCUT2D eigenvalue weighted by atomic mass is 35.5. The third-order valence-electron chi connectivity index (χ3n) is 8.82. The molecular weight excluding hydrogens is 730 g/mol. The van der Waals surface area contributed by atoms with Crippen LogP contribution < -0.4 is 10.6 Å². The number of hydrogen-bond donors (Lipinski definition) is 1. The number of aromatic nitrogens is 4. The molecule has 2 aliphatic heterocycles. The van der Waals surface area contributed by atoms with Gasteiger partial charge in [-0.3, -0.25) is 19.1 Å². The Kier molecular flexibility index (Phi) is 11.9. The van der Waals surface area contributed by atoms with Crippen molar-refractivity contribution in [3.8, 4) is 12.3 Å². The van der Waals surface area contributed by atoms with Crippen molar-refractivity contribution >= 4 is 64.2 Å². The molecule has 54 heavy (non-hydrogen) atoms. The topological polar surface area (TPSA) is 217 Å². The second-order valence-corrected chi connectivity index (χ2v) is 12.7. The molecule has 0 bridgehead atoms. The third kappa shape index (κ3) is 7.60. The van der Waals surface area contributed by atoms with Crippen molar-refractivity contribution < 1.29 is 52.4 Å². The van der Waals surface area contributed by atoms with Crippen LogP contribution in [0.25, 0.3) is 11.2 Å². The lowest BCUT2D eigenvalue weighted by molar-refractivity contribution is -0.200. The van der Waals surface area contributed by atoms with Crippen LogP contribution >= 0.6 is 11.6 Å². The van der Waals surface area contributed by atoms with Gasteiger partial charge in [0.2, 0.25) is 17.0 Å². The van der Waals surface area contributed by atoms with Gasteiger partial charge in [0.25, 0.3) is 5.60 Å². The Balaban J connectivity index is 1.56. The molecule has 0 aliphatic carbocycles. The van der Waals surface area contributed by atoms with E-state index >= 15 is 0 Å². The monoisotopic (exact) mass is 769 g/mol. The Bertz CT molecular complexity index is 1950. The molecule has 2 saturated heterocycles. The van der Waals surface area contributed by atoms with Crippen LogP contribution in [-0.4, -0.2) is 118 Å². The lowest BCUT2D eigenvalue weighted by Gasteiger charge is -2.35. The number of carbonyl (C=O) groups is 5. The van der Waals surface area contributed by atoms with E-state index in [-0.39, 0.29) is 41.5 Å². The van der Waals surface area contributed by atoms with Crippen LogP contribution in [-0.2, 0) is 54.0 Å². The molecule has 2 fully saturated rings. The van der Waals surface area contributed by atoms with Crippen LogP contribution in [0.1, 0.15) is 45.9 Å². The van der Waals surface area contributed by atoms with E-state index in [0.29, 0.717) is 24.3 Å². The second kappa shape index (κ2) is 16.2. The summed E-state index contributed by atoms with van der Waals surface area (Å²) in [5.74, 6) is -1.55. The van der Waals surface area contributed by atoms with Gasteiger partial charge in [0.15, 0.2) is 17.7 Å². The fourth-order valence-corrected chi connectivity index (χ4v) is 6.56. The zero-order chi connectivity index (χ0) is 39.4. The minimum absolute atomic E-state index is 0.0544. The Morgan fingerprint density at radius 2 is 1.74 bits per heavy atom. The van der Waals surface area contributed by atoms with Gasteiger partial charge >= 0.3 is 29.9 Å². The Labute approximate surface area is 315 Å². The molecule has 5 rings (SSSR count). The molecule has 0 spiro atoms. The Hall–Kier alpha value is -5.51. The second-order valence-electron chi connectivity index (χ2n) is 12.4. The van der Waals surface area contributed by atoms with E-state index < -0.39 is 66.5 Å². The molecule has 2 aliphatic rings. The first kappa shape index (κ1) is 39.7. The quantitative estimate of drug-likeness (QED) is 0.0867. The maximum Gasteiger partial charge on any atom is 0.350 e.